The molecule has 0 atom stereocenters. The maximum Gasteiger partial charge on any atom is 4.00 e. The van der Waals surface area contributed by atoms with E-state index in [2.05, 4.69) is 246 Å². The zero-order valence-electron chi connectivity index (χ0n) is 55.1. The summed E-state index contributed by atoms with van der Waals surface area (Å²) < 4.78 is 0. The first-order valence-corrected chi connectivity index (χ1v) is 61.0. The molecule has 0 nitrogen and oxygen atoms in total. The summed E-state index contributed by atoms with van der Waals surface area (Å²) in [6.07, 6.45) is 0. The third-order valence-electron chi connectivity index (χ3n) is 16.9. The fraction of sp³-hybridized carbons (Fsp3) is 0.617. The van der Waals surface area contributed by atoms with Gasteiger partial charge in [0.15, 0.2) is 8.07 Å². The van der Waals surface area contributed by atoms with E-state index in [1.54, 1.807) is 55.6 Å². The molecular weight excluding hydrogens is 1160 g/mol. The molecule has 74 heavy (non-hydrogen) atoms. The van der Waals surface area contributed by atoms with Gasteiger partial charge in [0.25, 0.3) is 0 Å². The van der Waals surface area contributed by atoms with Gasteiger partial charge in [-0.15, -0.1) is 0 Å². The van der Waals surface area contributed by atoms with Crippen molar-refractivity contribution in [2.24, 2.45) is 0 Å². The van der Waals surface area contributed by atoms with Crippen molar-refractivity contribution in [3.05, 3.63) is 55.6 Å². The van der Waals surface area contributed by atoms with Gasteiger partial charge in [-0.25, -0.2) is 0 Å². The minimum Gasteiger partial charge on any atom is -1.00 e. The second-order valence-electron chi connectivity index (χ2n) is 32.1. The molecule has 0 bridgehead atoms. The fourth-order valence-electron chi connectivity index (χ4n) is 14.5. The summed E-state index contributed by atoms with van der Waals surface area (Å²) in [5.41, 5.74) is 16.3. The summed E-state index contributed by atoms with van der Waals surface area (Å²) >= 11 is 0. The standard InChI is InChI=1S/C60H111Si10.3ClH.Ti/c1-38-39(2)41(4)48(40(38)3)70(58-52(64(20,21)22)45(8)42(5)49(61(11,12)13)55(58)67(29,30)31,59-53(65(23,24)25)46(9)43(6)50(62(14,15)16)56(59)68(32,33)34)60-54(66(26,27)28)47(10)44(7)51(63(17,18)19)57(60)69(35,36)37;;;;/h1-37H3;3*1H;/q-1;;;;+4/p-3. The summed E-state index contributed by atoms with van der Waals surface area (Å²) in [5.74, 6) is 0. The molecule has 0 saturated carbocycles. The SMILES string of the molecule is Cc1c(C)c([Si](C)(C)C)c([Si](c2c([Si](C)(C)C)c(C)c(C)c([Si](C)(C)C)c2[Si](C)(C)C)(c2c([Si](C)(C)C)c(C)c(C)c([Si](C)(C)C)c2[Si](C)(C)C)c2c(C)c(C)c(C)[c-]2C)c([Si](C)(C)C)c1[Si](C)(C)C.[Cl-].[Cl-].[Cl-].[Ti+4]. The van der Waals surface area contributed by atoms with Crippen LogP contribution in [0.2, 0.25) is 177 Å². The van der Waals surface area contributed by atoms with Crippen LogP contribution in [0.15, 0.2) is 0 Å². The minimum absolute atomic E-state index is 0. The third-order valence-corrected chi connectivity index (χ3v) is 43.1. The molecule has 0 unspecified atom stereocenters. The first-order valence-electron chi connectivity index (χ1n) is 27.5. The van der Waals surface area contributed by atoms with Crippen LogP contribution in [-0.4, -0.2) is 80.7 Å². The van der Waals surface area contributed by atoms with Crippen molar-refractivity contribution < 1.29 is 58.9 Å². The molecule has 14 heteroatoms. The van der Waals surface area contributed by atoms with Gasteiger partial charge in [0.2, 0.25) is 0 Å². The Morgan fingerprint density at radius 2 is 0.365 bits per heavy atom. The van der Waals surface area contributed by atoms with Crippen molar-refractivity contribution in [2.75, 3.05) is 0 Å². The quantitative estimate of drug-likeness (QED) is 0.109. The van der Waals surface area contributed by atoms with Gasteiger partial charge in [-0.3, -0.25) is 0 Å². The number of hydrogen-bond acceptors (Lipinski definition) is 0. The van der Waals surface area contributed by atoms with E-state index in [1.165, 1.54) is 0 Å². The van der Waals surface area contributed by atoms with E-state index in [0.717, 1.165) is 0 Å². The van der Waals surface area contributed by atoms with Crippen molar-refractivity contribution in [2.45, 2.75) is 246 Å². The van der Waals surface area contributed by atoms with Crippen LogP contribution in [0.1, 0.15) is 55.6 Å². The summed E-state index contributed by atoms with van der Waals surface area (Å²) in [5, 5.41) is 24.6. The molecule has 0 aliphatic carbocycles. The molecule has 4 aromatic rings. The van der Waals surface area contributed by atoms with Gasteiger partial charge < -0.3 is 37.2 Å². The molecule has 0 aromatic heterocycles. The first kappa shape index (κ1) is 74.8. The van der Waals surface area contributed by atoms with Gasteiger partial charge in [0.05, 0.1) is 72.7 Å². The van der Waals surface area contributed by atoms with Gasteiger partial charge >= 0.3 is 21.7 Å². The molecule has 0 fully saturated rings. The van der Waals surface area contributed by atoms with Crippen LogP contribution in [0, 0.1) is 69.2 Å². The normalized spacial score (nSPS) is 13.6. The summed E-state index contributed by atoms with van der Waals surface area (Å²) in [6, 6.07) is 0. The van der Waals surface area contributed by atoms with Gasteiger partial charge in [-0.2, -0.15) is 27.4 Å². The van der Waals surface area contributed by atoms with Crippen molar-refractivity contribution >= 4 is 148 Å². The van der Waals surface area contributed by atoms with Crippen LogP contribution in [0.4, 0.5) is 0 Å². The molecular formula is C60H111Cl3Si10Ti. The molecule has 0 heterocycles. The predicted octanol–water partition coefficient (Wildman–Crippen LogP) is 1.78. The maximum absolute atomic E-state index is 3.54. The number of rotatable bonds is 13. The molecule has 0 N–H and O–H groups in total. The molecule has 416 valence electrons. The van der Waals surface area contributed by atoms with Gasteiger partial charge in [0.1, 0.15) is 0 Å². The van der Waals surface area contributed by atoms with E-state index >= 15 is 0 Å². The molecule has 0 amide bonds. The predicted molar refractivity (Wildman–Crippen MR) is 360 cm³/mol. The molecule has 0 saturated heterocycles. The largest absolute Gasteiger partial charge is 4.00 e. The zero-order valence-corrected chi connectivity index (χ0v) is 69.0. The van der Waals surface area contributed by atoms with Crippen molar-refractivity contribution in [3.8, 4) is 0 Å². The average Bonchev–Trinajstić information content (AvgIpc) is 3.29. The van der Waals surface area contributed by atoms with Crippen molar-refractivity contribution in [3.63, 3.8) is 0 Å². The third kappa shape index (κ3) is 12.9. The van der Waals surface area contributed by atoms with E-state index in [0.29, 0.717) is 0 Å². The van der Waals surface area contributed by atoms with Crippen LogP contribution in [0.25, 0.3) is 0 Å². The van der Waals surface area contributed by atoms with Crippen LogP contribution in [-0.2, 0) is 21.7 Å². The second-order valence-corrected chi connectivity index (χ2v) is 80.6. The maximum atomic E-state index is 2.80. The topological polar surface area (TPSA) is 0 Å². The molecule has 0 spiro atoms. The summed E-state index contributed by atoms with van der Waals surface area (Å²) in [6.45, 7) is 101. The van der Waals surface area contributed by atoms with E-state index in [9.17, 15) is 0 Å². The Morgan fingerprint density at radius 1 is 0.216 bits per heavy atom. The Bertz CT molecular complexity index is 2480. The minimum atomic E-state index is -3.54. The molecule has 4 aromatic carbocycles. The monoisotopic (exact) mass is 1260 g/mol. The number of hydrogen-bond donors (Lipinski definition) is 0. The summed E-state index contributed by atoms with van der Waals surface area (Å²) in [4.78, 5) is 0. The van der Waals surface area contributed by atoms with Gasteiger partial charge in [-0.1, -0.05) is 251 Å². The Balaban J connectivity index is 0.0000133. The van der Waals surface area contributed by atoms with E-state index in [-0.39, 0.29) is 58.9 Å². The zero-order chi connectivity index (χ0) is 55.3. The summed E-state index contributed by atoms with van der Waals surface area (Å²) in [7, 11) is -22.6. The first-order chi connectivity index (χ1) is 30.7. The Hall–Kier alpha value is 0.763. The van der Waals surface area contributed by atoms with E-state index in [1.807, 2.05) is 67.4 Å². The van der Waals surface area contributed by atoms with E-state index in [4.69, 9.17) is 0 Å². The van der Waals surface area contributed by atoms with Crippen molar-refractivity contribution in [1.29, 1.82) is 0 Å². The number of halogens is 3. The van der Waals surface area contributed by atoms with E-state index < -0.39 is 80.7 Å². The Labute approximate surface area is 503 Å². The Kier molecular flexibility index (Phi) is 23.4. The van der Waals surface area contributed by atoms with Gasteiger partial charge in [0, 0.05) is 0 Å². The van der Waals surface area contributed by atoms with Crippen LogP contribution in [0.3, 0.4) is 0 Å². The van der Waals surface area contributed by atoms with Crippen LogP contribution >= 0.6 is 0 Å². The fourth-order valence-corrected chi connectivity index (χ4v) is 56.9. The molecule has 4 rings (SSSR count). The average molecular weight is 1270 g/mol. The second kappa shape index (κ2) is 23.2. The number of benzene rings is 3. The molecule has 0 radical (unpaired) electrons. The smallest absolute Gasteiger partial charge is 1.00 e. The molecule has 0 aliphatic rings. The van der Waals surface area contributed by atoms with Gasteiger partial charge in [-0.05, 0) is 90.5 Å². The van der Waals surface area contributed by atoms with Crippen molar-refractivity contribution in [1.82, 2.24) is 0 Å². The van der Waals surface area contributed by atoms with Crippen LogP contribution in [0.5, 0.6) is 0 Å². The van der Waals surface area contributed by atoms with Crippen LogP contribution < -0.4 is 105 Å². The Morgan fingerprint density at radius 3 is 0.486 bits per heavy atom. The molecule has 0 aliphatic heterocycles.